The summed E-state index contributed by atoms with van der Waals surface area (Å²) in [5.74, 6) is 0.0193. The summed E-state index contributed by atoms with van der Waals surface area (Å²) in [6.07, 6.45) is 2.70. The first-order chi connectivity index (χ1) is 8.76. The predicted octanol–water partition coefficient (Wildman–Crippen LogP) is 0.785. The largest absolute Gasteiger partial charge is 0.394 e. The molecule has 0 radical (unpaired) electrons. The molecule has 1 aromatic rings. The first-order valence-corrected chi connectivity index (χ1v) is 6.47. The highest BCUT2D eigenvalue weighted by molar-refractivity contribution is 5.94. The molecule has 0 saturated carbocycles. The highest BCUT2D eigenvalue weighted by atomic mass is 16.3. The van der Waals surface area contributed by atoms with Crippen LogP contribution in [0.15, 0.2) is 24.3 Å². The van der Waals surface area contributed by atoms with Gasteiger partial charge < -0.3 is 15.7 Å². The van der Waals surface area contributed by atoms with Crippen LogP contribution < -0.4 is 5.73 Å². The number of aliphatic hydroxyl groups excluding tert-OH is 1. The maximum atomic E-state index is 12.3. The predicted molar refractivity (Wildman–Crippen MR) is 70.3 cm³/mol. The fourth-order valence-electron chi connectivity index (χ4n) is 2.44. The lowest BCUT2D eigenvalue weighted by Gasteiger charge is -2.23. The van der Waals surface area contributed by atoms with Crippen molar-refractivity contribution in [1.29, 1.82) is 0 Å². The molecule has 18 heavy (non-hydrogen) atoms. The van der Waals surface area contributed by atoms with E-state index in [-0.39, 0.29) is 18.6 Å². The van der Waals surface area contributed by atoms with E-state index in [0.717, 1.165) is 31.4 Å². The Hall–Kier alpha value is -1.39. The summed E-state index contributed by atoms with van der Waals surface area (Å²) in [7, 11) is 0. The summed E-state index contributed by atoms with van der Waals surface area (Å²) in [6, 6.07) is 7.58. The minimum atomic E-state index is -0.0128. The van der Waals surface area contributed by atoms with Crippen molar-refractivity contribution in [3.63, 3.8) is 0 Å². The zero-order valence-corrected chi connectivity index (χ0v) is 10.5. The lowest BCUT2D eigenvalue weighted by Crippen LogP contribution is -2.37. The van der Waals surface area contributed by atoms with Gasteiger partial charge in [0.25, 0.3) is 5.91 Å². The molecule has 0 unspecified atom stereocenters. The van der Waals surface area contributed by atoms with Crippen molar-refractivity contribution in [2.24, 2.45) is 5.73 Å². The third kappa shape index (κ3) is 2.71. The highest BCUT2D eigenvalue weighted by Crippen LogP contribution is 2.19. The number of likely N-dealkylation sites (tertiary alicyclic amines) is 1. The van der Waals surface area contributed by atoms with Crippen molar-refractivity contribution in [2.75, 3.05) is 19.7 Å². The van der Waals surface area contributed by atoms with Gasteiger partial charge >= 0.3 is 0 Å². The zero-order valence-electron chi connectivity index (χ0n) is 10.5. The highest BCUT2D eigenvalue weighted by Gasteiger charge is 2.28. The molecule has 0 aromatic heterocycles. The lowest BCUT2D eigenvalue weighted by molar-refractivity contribution is 0.0677. The van der Waals surface area contributed by atoms with E-state index < -0.39 is 0 Å². The third-order valence-corrected chi connectivity index (χ3v) is 3.48. The fraction of sp³-hybridized carbons (Fsp3) is 0.500. The SMILES string of the molecule is NCCc1ccc(C(=O)N2CCC[C@@H]2CO)cc1. The van der Waals surface area contributed by atoms with E-state index in [1.165, 1.54) is 0 Å². The molecule has 1 aliphatic heterocycles. The van der Waals surface area contributed by atoms with E-state index in [2.05, 4.69) is 0 Å². The Labute approximate surface area is 107 Å². The van der Waals surface area contributed by atoms with Crippen LogP contribution in [0.4, 0.5) is 0 Å². The number of hydrogen-bond acceptors (Lipinski definition) is 3. The second-order valence-electron chi connectivity index (χ2n) is 4.71. The van der Waals surface area contributed by atoms with Gasteiger partial charge in [-0.3, -0.25) is 4.79 Å². The van der Waals surface area contributed by atoms with Gasteiger partial charge in [-0.1, -0.05) is 12.1 Å². The number of benzene rings is 1. The molecule has 0 aliphatic carbocycles. The minimum Gasteiger partial charge on any atom is -0.394 e. The molecule has 1 atom stereocenters. The van der Waals surface area contributed by atoms with Gasteiger partial charge in [0.15, 0.2) is 0 Å². The average Bonchev–Trinajstić information content (AvgIpc) is 2.87. The summed E-state index contributed by atoms with van der Waals surface area (Å²) in [5, 5.41) is 9.24. The average molecular weight is 248 g/mol. The number of amides is 1. The molecule has 4 nitrogen and oxygen atoms in total. The number of nitrogens with zero attached hydrogens (tertiary/aromatic N) is 1. The van der Waals surface area contributed by atoms with Crippen LogP contribution in [0.3, 0.4) is 0 Å². The number of nitrogens with two attached hydrogens (primary N) is 1. The summed E-state index contributed by atoms with van der Waals surface area (Å²) in [6.45, 7) is 1.41. The van der Waals surface area contributed by atoms with Crippen LogP contribution in [-0.4, -0.2) is 41.7 Å². The lowest BCUT2D eigenvalue weighted by atomic mass is 10.1. The van der Waals surface area contributed by atoms with Crippen LogP contribution in [0, 0.1) is 0 Å². The molecule has 1 aromatic carbocycles. The molecular formula is C14H20N2O2. The molecule has 2 rings (SSSR count). The Morgan fingerprint density at radius 3 is 2.72 bits per heavy atom. The van der Waals surface area contributed by atoms with Gasteiger partial charge in [0.2, 0.25) is 0 Å². The van der Waals surface area contributed by atoms with Crippen LogP contribution in [0.1, 0.15) is 28.8 Å². The number of carbonyl (C=O) groups is 1. The first kappa shape index (κ1) is 13.1. The maximum absolute atomic E-state index is 12.3. The van der Waals surface area contributed by atoms with Crippen LogP contribution in [0.2, 0.25) is 0 Å². The third-order valence-electron chi connectivity index (χ3n) is 3.48. The van der Waals surface area contributed by atoms with Gasteiger partial charge in [0.05, 0.1) is 12.6 Å². The Bertz CT molecular complexity index is 403. The minimum absolute atomic E-state index is 0.0128. The molecule has 0 spiro atoms. The van der Waals surface area contributed by atoms with Gasteiger partial charge in [-0.25, -0.2) is 0 Å². The van der Waals surface area contributed by atoms with Crippen LogP contribution in [0.25, 0.3) is 0 Å². The van der Waals surface area contributed by atoms with Crippen molar-refractivity contribution >= 4 is 5.91 Å². The first-order valence-electron chi connectivity index (χ1n) is 6.47. The number of aliphatic hydroxyl groups is 1. The van der Waals surface area contributed by atoms with Crippen molar-refractivity contribution in [2.45, 2.75) is 25.3 Å². The quantitative estimate of drug-likeness (QED) is 0.827. The number of rotatable bonds is 4. The Morgan fingerprint density at radius 2 is 2.11 bits per heavy atom. The zero-order chi connectivity index (χ0) is 13.0. The molecule has 1 aliphatic rings. The van der Waals surface area contributed by atoms with Gasteiger partial charge in [-0.15, -0.1) is 0 Å². The molecule has 98 valence electrons. The maximum Gasteiger partial charge on any atom is 0.254 e. The van der Waals surface area contributed by atoms with Gasteiger partial charge in [-0.2, -0.15) is 0 Å². The molecule has 0 bridgehead atoms. The standard InChI is InChI=1S/C14H20N2O2/c15-8-7-11-3-5-12(6-4-11)14(18)16-9-1-2-13(16)10-17/h3-6,13,17H,1-2,7-10,15H2/t13-/m1/s1. The Kier molecular flexibility index (Phi) is 4.33. The topological polar surface area (TPSA) is 66.6 Å². The van der Waals surface area contributed by atoms with Crippen molar-refractivity contribution in [3.8, 4) is 0 Å². The summed E-state index contributed by atoms with van der Waals surface area (Å²) in [4.78, 5) is 14.1. The van der Waals surface area contributed by atoms with E-state index in [1.807, 2.05) is 24.3 Å². The normalized spacial score (nSPS) is 19.2. The Morgan fingerprint density at radius 1 is 1.39 bits per heavy atom. The van der Waals surface area contributed by atoms with Crippen molar-refractivity contribution in [3.05, 3.63) is 35.4 Å². The smallest absolute Gasteiger partial charge is 0.254 e. The van der Waals surface area contributed by atoms with Crippen LogP contribution in [-0.2, 0) is 6.42 Å². The number of hydrogen-bond donors (Lipinski definition) is 2. The van der Waals surface area contributed by atoms with E-state index >= 15 is 0 Å². The molecule has 4 heteroatoms. The Balaban J connectivity index is 2.08. The number of carbonyl (C=O) groups excluding carboxylic acids is 1. The summed E-state index contributed by atoms with van der Waals surface area (Å²) >= 11 is 0. The molecule has 1 amide bonds. The van der Waals surface area contributed by atoms with Gasteiger partial charge in [0, 0.05) is 12.1 Å². The van der Waals surface area contributed by atoms with Crippen LogP contribution >= 0.6 is 0 Å². The van der Waals surface area contributed by atoms with E-state index in [9.17, 15) is 9.90 Å². The molecule has 1 saturated heterocycles. The summed E-state index contributed by atoms with van der Waals surface area (Å²) in [5.41, 5.74) is 7.33. The molecule has 1 heterocycles. The van der Waals surface area contributed by atoms with E-state index in [0.29, 0.717) is 12.1 Å². The second kappa shape index (κ2) is 5.98. The van der Waals surface area contributed by atoms with E-state index in [4.69, 9.17) is 5.73 Å². The molecule has 3 N–H and O–H groups in total. The van der Waals surface area contributed by atoms with Crippen LogP contribution in [0.5, 0.6) is 0 Å². The fourth-order valence-corrected chi connectivity index (χ4v) is 2.44. The van der Waals surface area contributed by atoms with Crippen molar-refractivity contribution < 1.29 is 9.90 Å². The summed E-state index contributed by atoms with van der Waals surface area (Å²) < 4.78 is 0. The molecule has 1 fully saturated rings. The molecular weight excluding hydrogens is 228 g/mol. The van der Waals surface area contributed by atoms with Crippen molar-refractivity contribution in [1.82, 2.24) is 4.90 Å². The van der Waals surface area contributed by atoms with E-state index in [1.54, 1.807) is 4.90 Å². The monoisotopic (exact) mass is 248 g/mol. The van der Waals surface area contributed by atoms with Gasteiger partial charge in [-0.05, 0) is 43.5 Å². The second-order valence-corrected chi connectivity index (χ2v) is 4.71. The van der Waals surface area contributed by atoms with Gasteiger partial charge in [0.1, 0.15) is 0 Å².